The molecular weight excluding hydrogens is 222 g/mol. The van der Waals surface area contributed by atoms with Crippen molar-refractivity contribution >= 4 is 0 Å². The molecule has 0 amide bonds. The maximum Gasteiger partial charge on any atom is 0.122 e. The lowest BCUT2D eigenvalue weighted by atomic mass is 9.90. The SMILES string of the molecule is CCC(CN)Cc1cc(C(C)C)c(OC)cc1C. The molecule has 0 radical (unpaired) electrons. The van der Waals surface area contributed by atoms with E-state index >= 15 is 0 Å². The quantitative estimate of drug-likeness (QED) is 0.835. The Morgan fingerprint density at radius 3 is 2.39 bits per heavy atom. The summed E-state index contributed by atoms with van der Waals surface area (Å²) in [5.41, 5.74) is 9.83. The molecule has 0 aromatic heterocycles. The first-order valence-electron chi connectivity index (χ1n) is 6.90. The summed E-state index contributed by atoms with van der Waals surface area (Å²) in [7, 11) is 1.75. The lowest BCUT2D eigenvalue weighted by Gasteiger charge is -2.19. The number of hydrogen-bond donors (Lipinski definition) is 1. The summed E-state index contributed by atoms with van der Waals surface area (Å²) in [5.74, 6) is 2.07. The van der Waals surface area contributed by atoms with Crippen molar-refractivity contribution in [3.05, 3.63) is 28.8 Å². The minimum absolute atomic E-state index is 0.484. The van der Waals surface area contributed by atoms with Gasteiger partial charge in [-0.2, -0.15) is 0 Å². The zero-order chi connectivity index (χ0) is 13.7. The molecule has 18 heavy (non-hydrogen) atoms. The number of ether oxygens (including phenoxy) is 1. The van der Waals surface area contributed by atoms with Crippen LogP contribution in [-0.4, -0.2) is 13.7 Å². The highest BCUT2D eigenvalue weighted by Crippen LogP contribution is 2.30. The normalized spacial score (nSPS) is 12.8. The average Bonchev–Trinajstić information content (AvgIpc) is 2.36. The fraction of sp³-hybridized carbons (Fsp3) is 0.625. The van der Waals surface area contributed by atoms with Crippen LogP contribution < -0.4 is 10.5 Å². The number of rotatable bonds is 6. The van der Waals surface area contributed by atoms with Crippen LogP contribution in [0.3, 0.4) is 0 Å². The molecule has 1 aromatic rings. The van der Waals surface area contributed by atoms with Crippen LogP contribution in [0, 0.1) is 12.8 Å². The molecule has 0 aliphatic rings. The second-order valence-electron chi connectivity index (χ2n) is 5.39. The first-order valence-corrected chi connectivity index (χ1v) is 6.90. The molecule has 2 heteroatoms. The highest BCUT2D eigenvalue weighted by Gasteiger charge is 2.13. The van der Waals surface area contributed by atoms with Gasteiger partial charge >= 0.3 is 0 Å². The summed E-state index contributed by atoms with van der Waals surface area (Å²) in [4.78, 5) is 0. The van der Waals surface area contributed by atoms with Gasteiger partial charge in [-0.15, -0.1) is 0 Å². The van der Waals surface area contributed by atoms with Crippen LogP contribution in [0.2, 0.25) is 0 Å². The predicted molar refractivity (Wildman–Crippen MR) is 78.4 cm³/mol. The summed E-state index contributed by atoms with van der Waals surface area (Å²) < 4.78 is 5.48. The maximum absolute atomic E-state index is 5.81. The Kier molecular flexibility index (Phi) is 5.67. The van der Waals surface area contributed by atoms with E-state index in [1.54, 1.807) is 7.11 Å². The summed E-state index contributed by atoms with van der Waals surface area (Å²) in [5, 5.41) is 0. The molecule has 0 bridgehead atoms. The molecule has 1 rings (SSSR count). The van der Waals surface area contributed by atoms with Crippen molar-refractivity contribution in [3.8, 4) is 5.75 Å². The van der Waals surface area contributed by atoms with Crippen molar-refractivity contribution in [1.82, 2.24) is 0 Å². The lowest BCUT2D eigenvalue weighted by Crippen LogP contribution is -2.16. The van der Waals surface area contributed by atoms with E-state index in [-0.39, 0.29) is 0 Å². The number of aryl methyl sites for hydroxylation is 1. The van der Waals surface area contributed by atoms with Crippen molar-refractivity contribution in [1.29, 1.82) is 0 Å². The fourth-order valence-electron chi connectivity index (χ4n) is 2.30. The van der Waals surface area contributed by atoms with Gasteiger partial charge in [-0.25, -0.2) is 0 Å². The van der Waals surface area contributed by atoms with Crippen molar-refractivity contribution in [3.63, 3.8) is 0 Å². The van der Waals surface area contributed by atoms with Gasteiger partial charge in [-0.05, 0) is 54.5 Å². The Hall–Kier alpha value is -1.02. The third kappa shape index (κ3) is 3.49. The van der Waals surface area contributed by atoms with E-state index in [2.05, 4.69) is 39.8 Å². The van der Waals surface area contributed by atoms with Crippen LogP contribution in [0.1, 0.15) is 49.8 Å². The van der Waals surface area contributed by atoms with Gasteiger partial charge in [0.15, 0.2) is 0 Å². The minimum atomic E-state index is 0.484. The molecule has 0 saturated heterocycles. The van der Waals surface area contributed by atoms with E-state index in [1.165, 1.54) is 16.7 Å². The standard InChI is InChI=1S/C16H27NO/c1-6-13(10-17)8-14-9-15(11(2)3)16(18-5)7-12(14)4/h7,9,11,13H,6,8,10,17H2,1-5H3. The summed E-state index contributed by atoms with van der Waals surface area (Å²) in [6, 6.07) is 4.46. The van der Waals surface area contributed by atoms with Crippen molar-refractivity contribution in [2.75, 3.05) is 13.7 Å². The van der Waals surface area contributed by atoms with E-state index in [9.17, 15) is 0 Å². The second-order valence-corrected chi connectivity index (χ2v) is 5.39. The Morgan fingerprint density at radius 2 is 1.94 bits per heavy atom. The fourth-order valence-corrected chi connectivity index (χ4v) is 2.30. The monoisotopic (exact) mass is 249 g/mol. The molecule has 102 valence electrons. The van der Waals surface area contributed by atoms with E-state index in [0.29, 0.717) is 11.8 Å². The van der Waals surface area contributed by atoms with Gasteiger partial charge in [0, 0.05) is 0 Å². The van der Waals surface area contributed by atoms with Crippen LogP contribution in [0.5, 0.6) is 5.75 Å². The zero-order valence-electron chi connectivity index (χ0n) is 12.4. The van der Waals surface area contributed by atoms with Crippen molar-refractivity contribution < 1.29 is 4.74 Å². The molecule has 1 aromatic carbocycles. The number of methoxy groups -OCH3 is 1. The Morgan fingerprint density at radius 1 is 1.28 bits per heavy atom. The maximum atomic E-state index is 5.81. The number of benzene rings is 1. The van der Waals surface area contributed by atoms with E-state index in [1.807, 2.05) is 0 Å². The Balaban J connectivity index is 3.09. The average molecular weight is 249 g/mol. The highest BCUT2D eigenvalue weighted by molar-refractivity contribution is 5.44. The van der Waals surface area contributed by atoms with Crippen LogP contribution in [0.25, 0.3) is 0 Å². The first kappa shape index (κ1) is 15.0. The molecule has 1 unspecified atom stereocenters. The van der Waals surface area contributed by atoms with Crippen molar-refractivity contribution in [2.45, 2.75) is 46.5 Å². The predicted octanol–water partition coefficient (Wildman–Crippen LogP) is 3.65. The van der Waals surface area contributed by atoms with Gasteiger partial charge in [-0.1, -0.05) is 33.3 Å². The molecule has 0 fully saturated rings. The van der Waals surface area contributed by atoms with Crippen LogP contribution in [0.4, 0.5) is 0 Å². The molecular formula is C16H27NO. The molecule has 0 aliphatic heterocycles. The van der Waals surface area contributed by atoms with Gasteiger partial charge in [0.2, 0.25) is 0 Å². The zero-order valence-corrected chi connectivity index (χ0v) is 12.4. The summed E-state index contributed by atoms with van der Waals surface area (Å²) in [6.07, 6.45) is 2.21. The smallest absolute Gasteiger partial charge is 0.122 e. The van der Waals surface area contributed by atoms with Gasteiger partial charge in [0.25, 0.3) is 0 Å². The Labute approximate surface area is 112 Å². The summed E-state index contributed by atoms with van der Waals surface area (Å²) in [6.45, 7) is 9.54. The molecule has 2 N–H and O–H groups in total. The largest absolute Gasteiger partial charge is 0.496 e. The van der Waals surface area contributed by atoms with Gasteiger partial charge in [0.1, 0.15) is 5.75 Å². The molecule has 0 heterocycles. The Bertz CT molecular complexity index is 381. The van der Waals surface area contributed by atoms with Crippen molar-refractivity contribution in [2.24, 2.45) is 11.7 Å². The third-order valence-electron chi connectivity index (χ3n) is 3.73. The highest BCUT2D eigenvalue weighted by atomic mass is 16.5. The van der Waals surface area contributed by atoms with Gasteiger partial charge in [-0.3, -0.25) is 0 Å². The van der Waals surface area contributed by atoms with E-state index < -0.39 is 0 Å². The summed E-state index contributed by atoms with van der Waals surface area (Å²) >= 11 is 0. The molecule has 0 saturated carbocycles. The van der Waals surface area contributed by atoms with Crippen LogP contribution in [0.15, 0.2) is 12.1 Å². The first-order chi connectivity index (χ1) is 8.53. The van der Waals surface area contributed by atoms with E-state index in [4.69, 9.17) is 10.5 Å². The number of nitrogens with two attached hydrogens (primary N) is 1. The second kappa shape index (κ2) is 6.79. The third-order valence-corrected chi connectivity index (χ3v) is 3.73. The van der Waals surface area contributed by atoms with Crippen LogP contribution in [-0.2, 0) is 6.42 Å². The molecule has 2 nitrogen and oxygen atoms in total. The van der Waals surface area contributed by atoms with E-state index in [0.717, 1.165) is 25.1 Å². The molecule has 0 spiro atoms. The minimum Gasteiger partial charge on any atom is -0.496 e. The molecule has 0 aliphatic carbocycles. The topological polar surface area (TPSA) is 35.2 Å². The molecule has 1 atom stereocenters. The van der Waals surface area contributed by atoms with Crippen LogP contribution >= 0.6 is 0 Å². The van der Waals surface area contributed by atoms with Gasteiger partial charge < -0.3 is 10.5 Å². The lowest BCUT2D eigenvalue weighted by molar-refractivity contribution is 0.406. The number of hydrogen-bond acceptors (Lipinski definition) is 2. The van der Waals surface area contributed by atoms with Gasteiger partial charge in [0.05, 0.1) is 7.11 Å².